The van der Waals surface area contributed by atoms with E-state index in [0.717, 1.165) is 5.56 Å². The molecule has 2 atom stereocenters. The molecule has 0 unspecified atom stereocenters. The number of thiophene rings is 1. The van der Waals surface area contributed by atoms with E-state index < -0.39 is 0 Å². The highest BCUT2D eigenvalue weighted by Crippen LogP contribution is 2.24. The number of hydrogen-bond donors (Lipinski definition) is 1. The quantitative estimate of drug-likeness (QED) is 0.727. The SMILES string of the molecule is CN(C)C(=O)[C@H]([NH2+][C@H](c1ccccc1)c1cccs1)c1ccccc1. The second kappa shape index (κ2) is 8.10. The van der Waals surface area contributed by atoms with Crippen molar-refractivity contribution in [3.05, 3.63) is 94.2 Å². The van der Waals surface area contributed by atoms with Crippen LogP contribution >= 0.6 is 11.3 Å². The first-order valence-corrected chi connectivity index (χ1v) is 9.24. The molecule has 2 aromatic carbocycles. The Morgan fingerprint density at radius 2 is 1.48 bits per heavy atom. The molecule has 0 aliphatic carbocycles. The van der Waals surface area contributed by atoms with Crippen LogP contribution in [0, 0.1) is 0 Å². The van der Waals surface area contributed by atoms with E-state index >= 15 is 0 Å². The first-order valence-electron chi connectivity index (χ1n) is 8.36. The van der Waals surface area contributed by atoms with E-state index in [1.807, 2.05) is 50.5 Å². The average molecular weight is 351 g/mol. The molecule has 0 saturated heterocycles. The fourth-order valence-corrected chi connectivity index (χ4v) is 3.80. The van der Waals surface area contributed by atoms with Crippen molar-refractivity contribution < 1.29 is 10.1 Å². The van der Waals surface area contributed by atoms with Crippen molar-refractivity contribution in [2.45, 2.75) is 12.1 Å². The summed E-state index contributed by atoms with van der Waals surface area (Å²) < 4.78 is 0. The lowest BCUT2D eigenvalue weighted by atomic mass is 10.0. The van der Waals surface area contributed by atoms with E-state index in [9.17, 15) is 4.79 Å². The zero-order valence-electron chi connectivity index (χ0n) is 14.5. The van der Waals surface area contributed by atoms with Gasteiger partial charge in [0.05, 0.1) is 4.88 Å². The van der Waals surface area contributed by atoms with Crippen molar-refractivity contribution in [1.82, 2.24) is 4.90 Å². The third kappa shape index (κ3) is 4.16. The first kappa shape index (κ1) is 17.4. The minimum atomic E-state index is -0.275. The van der Waals surface area contributed by atoms with Crippen molar-refractivity contribution >= 4 is 17.2 Å². The first-order chi connectivity index (χ1) is 12.2. The Kier molecular flexibility index (Phi) is 5.64. The summed E-state index contributed by atoms with van der Waals surface area (Å²) in [5, 5.41) is 4.27. The van der Waals surface area contributed by atoms with Gasteiger partial charge in [-0.05, 0) is 11.4 Å². The number of amides is 1. The third-order valence-corrected chi connectivity index (χ3v) is 5.21. The molecule has 3 aromatic rings. The topological polar surface area (TPSA) is 36.9 Å². The van der Waals surface area contributed by atoms with Gasteiger partial charge in [0.15, 0.2) is 6.04 Å². The molecule has 0 spiro atoms. The van der Waals surface area contributed by atoms with Crippen molar-refractivity contribution in [2.24, 2.45) is 0 Å². The number of likely N-dealkylation sites (N-methyl/N-ethyl adjacent to an activating group) is 1. The Labute approximate surface area is 152 Å². The Bertz CT molecular complexity index is 785. The molecule has 0 radical (unpaired) electrons. The largest absolute Gasteiger partial charge is 0.343 e. The predicted octanol–water partition coefficient (Wildman–Crippen LogP) is 3.23. The molecule has 4 heteroatoms. The number of quaternary nitrogens is 1. The van der Waals surface area contributed by atoms with Gasteiger partial charge in [-0.25, -0.2) is 0 Å². The van der Waals surface area contributed by atoms with Crippen LogP contribution in [0.3, 0.4) is 0 Å². The summed E-state index contributed by atoms with van der Waals surface area (Å²) in [5.41, 5.74) is 2.23. The van der Waals surface area contributed by atoms with Crippen LogP contribution in [-0.4, -0.2) is 24.9 Å². The summed E-state index contributed by atoms with van der Waals surface area (Å²) in [6.45, 7) is 0. The molecule has 2 N–H and O–H groups in total. The van der Waals surface area contributed by atoms with E-state index in [2.05, 4.69) is 47.1 Å². The Morgan fingerprint density at radius 1 is 0.880 bits per heavy atom. The lowest BCUT2D eigenvalue weighted by molar-refractivity contribution is -0.713. The molecule has 0 aliphatic heterocycles. The molecule has 1 amide bonds. The Hall–Kier alpha value is -2.43. The van der Waals surface area contributed by atoms with Crippen molar-refractivity contribution in [3.63, 3.8) is 0 Å². The Morgan fingerprint density at radius 3 is 2.00 bits per heavy atom. The second-order valence-corrected chi connectivity index (χ2v) is 7.20. The molecule has 0 fully saturated rings. The highest BCUT2D eigenvalue weighted by atomic mass is 32.1. The number of carbonyl (C=O) groups excluding carboxylic acids is 1. The normalized spacial score (nSPS) is 13.2. The number of nitrogens with zero attached hydrogens (tertiary/aromatic N) is 1. The Balaban J connectivity index is 1.98. The summed E-state index contributed by atoms with van der Waals surface area (Å²) >= 11 is 1.73. The van der Waals surface area contributed by atoms with Gasteiger partial charge in [-0.2, -0.15) is 0 Å². The zero-order chi connectivity index (χ0) is 17.6. The van der Waals surface area contributed by atoms with Crippen LogP contribution in [0.25, 0.3) is 0 Å². The smallest absolute Gasteiger partial charge is 0.285 e. The standard InChI is InChI=1S/C21H22N2OS/c1-23(2)21(24)20(17-12-7-4-8-13-17)22-19(18-14-9-15-25-18)16-10-5-3-6-11-16/h3-15,19-20,22H,1-2H3/p+1/t19-,20-/m1/s1. The van der Waals surface area contributed by atoms with Crippen molar-refractivity contribution in [3.8, 4) is 0 Å². The van der Waals surface area contributed by atoms with Crippen molar-refractivity contribution in [2.75, 3.05) is 14.1 Å². The average Bonchev–Trinajstić information content (AvgIpc) is 3.18. The van der Waals surface area contributed by atoms with Gasteiger partial charge in [0, 0.05) is 25.2 Å². The van der Waals surface area contributed by atoms with Gasteiger partial charge in [-0.3, -0.25) is 4.79 Å². The van der Waals surface area contributed by atoms with Gasteiger partial charge >= 0.3 is 0 Å². The van der Waals surface area contributed by atoms with Crippen molar-refractivity contribution in [1.29, 1.82) is 0 Å². The monoisotopic (exact) mass is 351 g/mol. The zero-order valence-corrected chi connectivity index (χ0v) is 15.3. The summed E-state index contributed by atoms with van der Waals surface area (Å²) in [6, 6.07) is 24.4. The predicted molar refractivity (Wildman–Crippen MR) is 102 cm³/mol. The second-order valence-electron chi connectivity index (χ2n) is 6.22. The van der Waals surface area contributed by atoms with Crippen LogP contribution in [0.5, 0.6) is 0 Å². The van der Waals surface area contributed by atoms with E-state index in [-0.39, 0.29) is 18.0 Å². The molecular weight excluding hydrogens is 328 g/mol. The number of nitrogens with two attached hydrogens (primary N) is 1. The number of hydrogen-bond acceptors (Lipinski definition) is 2. The van der Waals surface area contributed by atoms with Crippen LogP contribution in [0.2, 0.25) is 0 Å². The number of benzene rings is 2. The fraction of sp³-hybridized carbons (Fsp3) is 0.190. The van der Waals surface area contributed by atoms with E-state index in [1.165, 1.54) is 10.4 Å². The van der Waals surface area contributed by atoms with Gasteiger partial charge in [0.1, 0.15) is 6.04 Å². The summed E-state index contributed by atoms with van der Waals surface area (Å²) in [7, 11) is 3.63. The maximum absolute atomic E-state index is 12.9. The molecule has 0 aliphatic rings. The van der Waals surface area contributed by atoms with Crippen LogP contribution < -0.4 is 5.32 Å². The van der Waals surface area contributed by atoms with Gasteiger partial charge in [0.25, 0.3) is 5.91 Å². The third-order valence-electron chi connectivity index (χ3n) is 4.26. The molecule has 1 aromatic heterocycles. The van der Waals surface area contributed by atoms with E-state index in [4.69, 9.17) is 0 Å². The molecule has 25 heavy (non-hydrogen) atoms. The molecule has 0 bridgehead atoms. The molecular formula is C21H23N2OS+. The van der Waals surface area contributed by atoms with Crippen LogP contribution in [0.15, 0.2) is 78.2 Å². The summed E-state index contributed by atoms with van der Waals surface area (Å²) in [6.07, 6.45) is 0. The highest BCUT2D eigenvalue weighted by molar-refractivity contribution is 7.10. The van der Waals surface area contributed by atoms with Gasteiger partial charge in [-0.15, -0.1) is 11.3 Å². The van der Waals surface area contributed by atoms with E-state index in [1.54, 1.807) is 16.2 Å². The molecule has 3 rings (SSSR count). The maximum Gasteiger partial charge on any atom is 0.285 e. The lowest BCUT2D eigenvalue weighted by Gasteiger charge is -2.24. The number of rotatable bonds is 6. The summed E-state index contributed by atoms with van der Waals surface area (Å²) in [4.78, 5) is 15.8. The molecule has 1 heterocycles. The van der Waals surface area contributed by atoms with E-state index in [0.29, 0.717) is 0 Å². The van der Waals surface area contributed by atoms with Gasteiger partial charge in [-0.1, -0.05) is 66.7 Å². The maximum atomic E-state index is 12.9. The van der Waals surface area contributed by atoms with Crippen LogP contribution in [-0.2, 0) is 4.79 Å². The lowest BCUT2D eigenvalue weighted by Crippen LogP contribution is -2.88. The molecule has 0 saturated carbocycles. The minimum absolute atomic E-state index is 0.0929. The summed E-state index contributed by atoms with van der Waals surface area (Å²) in [5.74, 6) is 0.101. The minimum Gasteiger partial charge on any atom is -0.343 e. The van der Waals surface area contributed by atoms with Crippen LogP contribution in [0.1, 0.15) is 28.1 Å². The van der Waals surface area contributed by atoms with Gasteiger partial charge in [0.2, 0.25) is 0 Å². The van der Waals surface area contributed by atoms with Gasteiger partial charge < -0.3 is 10.2 Å². The molecule has 128 valence electrons. The van der Waals surface area contributed by atoms with Crippen LogP contribution in [0.4, 0.5) is 0 Å². The highest BCUT2D eigenvalue weighted by Gasteiger charge is 2.31. The number of carbonyl (C=O) groups is 1. The molecule has 3 nitrogen and oxygen atoms in total. The fourth-order valence-electron chi connectivity index (χ4n) is 2.97.